The maximum atomic E-state index is 9.10. The van der Waals surface area contributed by atoms with Gasteiger partial charge in [0.2, 0.25) is 0 Å². The summed E-state index contributed by atoms with van der Waals surface area (Å²) in [6, 6.07) is 0. The molecule has 0 saturated carbocycles. The first-order valence-corrected chi connectivity index (χ1v) is 4.54. The maximum absolute atomic E-state index is 9.10. The molecule has 0 aliphatic rings. The summed E-state index contributed by atoms with van der Waals surface area (Å²) < 4.78 is 9.34. The Labute approximate surface area is 87.5 Å². The molecule has 0 aromatic rings. The van der Waals surface area contributed by atoms with Crippen molar-refractivity contribution >= 4 is 0 Å². The molecule has 0 fully saturated rings. The predicted molar refractivity (Wildman–Crippen MR) is 48.7 cm³/mol. The van der Waals surface area contributed by atoms with Gasteiger partial charge in [-0.2, -0.15) is 0 Å². The van der Waals surface area contributed by atoms with Crippen LogP contribution in [-0.4, -0.2) is 70.1 Å². The first-order valence-electron chi connectivity index (χ1n) is 4.54. The zero-order valence-corrected chi connectivity index (χ0v) is 8.48. The van der Waals surface area contributed by atoms with E-state index >= 15 is 0 Å². The molecule has 0 amide bonds. The minimum atomic E-state index is -1.48. The Kier molecular flexibility index (Phi) is 7.79. The van der Waals surface area contributed by atoms with E-state index in [4.69, 9.17) is 30.3 Å². The zero-order valence-electron chi connectivity index (χ0n) is 8.48. The Morgan fingerprint density at radius 2 is 1.60 bits per heavy atom. The second-order valence-electron chi connectivity index (χ2n) is 3.02. The number of aliphatic hydroxyl groups excluding tert-OH is 5. The maximum Gasteiger partial charge on any atom is 0.181 e. The van der Waals surface area contributed by atoms with Gasteiger partial charge < -0.3 is 35.0 Å². The fourth-order valence-electron chi connectivity index (χ4n) is 0.814. The average Bonchev–Trinajstić information content (AvgIpc) is 2.17. The van der Waals surface area contributed by atoms with Gasteiger partial charge in [-0.15, -0.1) is 0 Å². The van der Waals surface area contributed by atoms with Gasteiger partial charge in [0, 0.05) is 0 Å². The molecule has 0 aromatic carbocycles. The van der Waals surface area contributed by atoms with E-state index in [1.165, 1.54) is 6.92 Å². The van der Waals surface area contributed by atoms with Gasteiger partial charge >= 0.3 is 0 Å². The quantitative estimate of drug-likeness (QED) is 0.288. The number of hydrogen-bond donors (Lipinski definition) is 5. The summed E-state index contributed by atoms with van der Waals surface area (Å²) in [6.07, 6.45) is -4.62. The van der Waals surface area contributed by atoms with Crippen molar-refractivity contribution in [3.05, 3.63) is 0 Å². The van der Waals surface area contributed by atoms with Gasteiger partial charge in [0.1, 0.15) is 6.10 Å². The van der Waals surface area contributed by atoms with Crippen molar-refractivity contribution in [1.29, 1.82) is 0 Å². The van der Waals surface area contributed by atoms with E-state index in [2.05, 4.69) is 4.74 Å². The van der Waals surface area contributed by atoms with Crippen molar-refractivity contribution < 1.29 is 35.0 Å². The highest BCUT2D eigenvalue weighted by Gasteiger charge is 2.17. The van der Waals surface area contributed by atoms with E-state index in [0.29, 0.717) is 0 Å². The average molecular weight is 226 g/mol. The molecule has 0 bridgehead atoms. The van der Waals surface area contributed by atoms with Gasteiger partial charge in [0.25, 0.3) is 0 Å². The second kappa shape index (κ2) is 7.94. The number of ether oxygens (including phenoxy) is 2. The molecule has 5 N–H and O–H groups in total. The second-order valence-corrected chi connectivity index (χ2v) is 3.02. The van der Waals surface area contributed by atoms with Gasteiger partial charge in [-0.05, 0) is 6.92 Å². The summed E-state index contributed by atoms with van der Waals surface area (Å²) in [4.78, 5) is 0. The SMILES string of the molecule is C[C@H](O)C(CO)OC[C@@H](O)O[C@@H](O)CO. The van der Waals surface area contributed by atoms with Crippen LogP contribution in [0.15, 0.2) is 0 Å². The van der Waals surface area contributed by atoms with Crippen molar-refractivity contribution in [2.75, 3.05) is 19.8 Å². The van der Waals surface area contributed by atoms with Crippen molar-refractivity contribution in [2.24, 2.45) is 0 Å². The molecule has 0 aliphatic heterocycles. The minimum Gasteiger partial charge on any atom is -0.394 e. The predicted octanol–water partition coefficient (Wildman–Crippen LogP) is -2.61. The van der Waals surface area contributed by atoms with Crippen LogP contribution in [-0.2, 0) is 9.47 Å². The normalized spacial score (nSPS) is 19.6. The molecular weight excluding hydrogens is 208 g/mol. The molecule has 0 saturated heterocycles. The molecule has 15 heavy (non-hydrogen) atoms. The van der Waals surface area contributed by atoms with Crippen LogP contribution in [0.2, 0.25) is 0 Å². The molecule has 4 atom stereocenters. The van der Waals surface area contributed by atoms with Gasteiger partial charge in [-0.25, -0.2) is 0 Å². The summed E-state index contributed by atoms with van der Waals surface area (Å²) in [5, 5.41) is 44.1. The first kappa shape index (κ1) is 14.7. The van der Waals surface area contributed by atoms with E-state index in [1.807, 2.05) is 0 Å². The number of aliphatic hydroxyl groups is 5. The fourth-order valence-corrected chi connectivity index (χ4v) is 0.814. The Morgan fingerprint density at radius 1 is 1.00 bits per heavy atom. The summed E-state index contributed by atoms with van der Waals surface area (Å²) >= 11 is 0. The van der Waals surface area contributed by atoms with Crippen molar-refractivity contribution in [3.8, 4) is 0 Å². The molecule has 0 radical (unpaired) electrons. The van der Waals surface area contributed by atoms with Crippen LogP contribution < -0.4 is 0 Å². The molecular formula is C8H18O7. The fraction of sp³-hybridized carbons (Fsp3) is 1.00. The highest BCUT2D eigenvalue weighted by molar-refractivity contribution is 4.62. The van der Waals surface area contributed by atoms with Crippen LogP contribution in [0.4, 0.5) is 0 Å². The summed E-state index contributed by atoms with van der Waals surface area (Å²) in [6.45, 7) is 0.0632. The summed E-state index contributed by atoms with van der Waals surface area (Å²) in [7, 11) is 0. The molecule has 0 aliphatic carbocycles. The Morgan fingerprint density at radius 3 is 2.00 bits per heavy atom. The molecule has 0 heterocycles. The Hall–Kier alpha value is -0.280. The van der Waals surface area contributed by atoms with E-state index < -0.39 is 38.0 Å². The van der Waals surface area contributed by atoms with Crippen LogP contribution in [0, 0.1) is 0 Å². The molecule has 1 unspecified atom stereocenters. The van der Waals surface area contributed by atoms with Gasteiger partial charge in [0.15, 0.2) is 12.6 Å². The topological polar surface area (TPSA) is 120 Å². The van der Waals surface area contributed by atoms with Crippen LogP contribution in [0.3, 0.4) is 0 Å². The van der Waals surface area contributed by atoms with E-state index in [0.717, 1.165) is 0 Å². The lowest BCUT2D eigenvalue weighted by atomic mass is 10.2. The Bertz CT molecular complexity index is 152. The van der Waals surface area contributed by atoms with Gasteiger partial charge in [-0.3, -0.25) is 0 Å². The highest BCUT2D eigenvalue weighted by Crippen LogP contribution is 2.01. The monoisotopic (exact) mass is 226 g/mol. The van der Waals surface area contributed by atoms with E-state index in [-0.39, 0.29) is 6.61 Å². The van der Waals surface area contributed by atoms with Gasteiger partial charge in [0.05, 0.1) is 25.9 Å². The number of hydrogen-bond acceptors (Lipinski definition) is 7. The van der Waals surface area contributed by atoms with Crippen molar-refractivity contribution in [3.63, 3.8) is 0 Å². The van der Waals surface area contributed by atoms with Gasteiger partial charge in [-0.1, -0.05) is 0 Å². The van der Waals surface area contributed by atoms with Crippen LogP contribution in [0.1, 0.15) is 6.92 Å². The lowest BCUT2D eigenvalue weighted by molar-refractivity contribution is -0.242. The van der Waals surface area contributed by atoms with Crippen LogP contribution in [0.5, 0.6) is 0 Å². The van der Waals surface area contributed by atoms with Crippen LogP contribution >= 0.6 is 0 Å². The van der Waals surface area contributed by atoms with Crippen molar-refractivity contribution in [2.45, 2.75) is 31.7 Å². The molecule has 0 aromatic heterocycles. The van der Waals surface area contributed by atoms with Crippen LogP contribution in [0.25, 0.3) is 0 Å². The first-order chi connectivity index (χ1) is 7.01. The standard InChI is InChI=1S/C8H18O7/c1-5(11)6(2-9)14-4-8(13)15-7(12)3-10/h5-13H,2-4H2,1H3/t5-,6?,7+,8-/m0/s1. The van der Waals surface area contributed by atoms with E-state index in [1.54, 1.807) is 0 Å². The lowest BCUT2D eigenvalue weighted by Crippen LogP contribution is -2.35. The molecule has 7 heteroatoms. The largest absolute Gasteiger partial charge is 0.394 e. The highest BCUT2D eigenvalue weighted by atomic mass is 16.7. The van der Waals surface area contributed by atoms with Crippen molar-refractivity contribution in [1.82, 2.24) is 0 Å². The molecule has 0 rings (SSSR count). The summed E-state index contributed by atoms with van der Waals surface area (Å²) in [5.41, 5.74) is 0. The Balaban J connectivity index is 3.73. The minimum absolute atomic E-state index is 0.326. The molecule has 0 spiro atoms. The smallest absolute Gasteiger partial charge is 0.181 e. The van der Waals surface area contributed by atoms with E-state index in [9.17, 15) is 0 Å². The molecule has 7 nitrogen and oxygen atoms in total. The third-order valence-corrected chi connectivity index (χ3v) is 1.64. The number of rotatable bonds is 8. The lowest BCUT2D eigenvalue weighted by Gasteiger charge is -2.21. The zero-order chi connectivity index (χ0) is 11.8. The summed E-state index contributed by atoms with van der Waals surface area (Å²) in [5.74, 6) is 0. The third-order valence-electron chi connectivity index (χ3n) is 1.64. The molecule has 92 valence electrons. The third kappa shape index (κ3) is 6.74.